The molecule has 4 aromatic rings. The van der Waals surface area contributed by atoms with E-state index in [1.54, 1.807) is 24.3 Å². The molecule has 4 rings (SSSR count). The van der Waals surface area contributed by atoms with Gasteiger partial charge in [0, 0.05) is 17.0 Å². The molecule has 0 unspecified atom stereocenters. The van der Waals surface area contributed by atoms with Crippen molar-refractivity contribution in [1.82, 2.24) is 10.3 Å². The molecule has 6 nitrogen and oxygen atoms in total. The number of amides is 3. The van der Waals surface area contributed by atoms with Gasteiger partial charge in [-0.15, -0.1) is 0 Å². The number of nitrogens with zero attached hydrogens (tertiary/aromatic N) is 1. The summed E-state index contributed by atoms with van der Waals surface area (Å²) in [6.45, 7) is 0. The van der Waals surface area contributed by atoms with Crippen LogP contribution in [0.2, 0.25) is 5.02 Å². The second-order valence-corrected chi connectivity index (χ2v) is 7.68. The van der Waals surface area contributed by atoms with Gasteiger partial charge in [-0.1, -0.05) is 41.9 Å². The number of nitrogens with one attached hydrogen (secondary N) is 2. The lowest BCUT2D eigenvalue weighted by Crippen LogP contribution is -2.35. The molecule has 0 bridgehead atoms. The van der Waals surface area contributed by atoms with E-state index in [2.05, 4.69) is 10.3 Å². The van der Waals surface area contributed by atoms with Crippen LogP contribution in [0.15, 0.2) is 66.9 Å². The van der Waals surface area contributed by atoms with Gasteiger partial charge in [0.25, 0.3) is 5.91 Å². The second kappa shape index (κ2) is 9.78. The molecule has 0 fully saturated rings. The number of anilines is 1. The van der Waals surface area contributed by atoms with Gasteiger partial charge in [0.05, 0.1) is 11.3 Å². The second-order valence-electron chi connectivity index (χ2n) is 7.27. The fourth-order valence-corrected chi connectivity index (χ4v) is 3.47. The van der Waals surface area contributed by atoms with Crippen molar-refractivity contribution in [2.24, 2.45) is 0 Å². The Balaban J connectivity index is 1.58. The third-order valence-electron chi connectivity index (χ3n) is 4.89. The molecule has 0 saturated carbocycles. The minimum atomic E-state index is -4.63. The van der Waals surface area contributed by atoms with Crippen LogP contribution in [0.5, 0.6) is 11.6 Å². The number of hydrogen-bond acceptors (Lipinski definition) is 4. The number of imide groups is 1. The molecular formula is C24H13ClF5N3O3. The maximum Gasteiger partial charge on any atom is 0.417 e. The van der Waals surface area contributed by atoms with Crippen LogP contribution in [0.1, 0.15) is 15.9 Å². The smallest absolute Gasteiger partial charge is 0.417 e. The summed E-state index contributed by atoms with van der Waals surface area (Å²) >= 11 is 5.92. The van der Waals surface area contributed by atoms with Crippen LogP contribution in [-0.2, 0) is 6.18 Å². The number of carbonyl (C=O) groups excluding carboxylic acids is 2. The average Bonchev–Trinajstić information content (AvgIpc) is 2.81. The van der Waals surface area contributed by atoms with E-state index in [4.69, 9.17) is 16.3 Å². The van der Waals surface area contributed by atoms with Gasteiger partial charge in [0.1, 0.15) is 28.0 Å². The van der Waals surface area contributed by atoms with Gasteiger partial charge in [0.15, 0.2) is 0 Å². The van der Waals surface area contributed by atoms with Crippen molar-refractivity contribution in [3.05, 3.63) is 94.6 Å². The van der Waals surface area contributed by atoms with Crippen molar-refractivity contribution in [1.29, 1.82) is 0 Å². The topological polar surface area (TPSA) is 80.3 Å². The maximum atomic E-state index is 13.8. The quantitative estimate of drug-likeness (QED) is 0.285. The Labute approximate surface area is 204 Å². The third-order valence-corrected chi connectivity index (χ3v) is 5.16. The first-order valence-electron chi connectivity index (χ1n) is 10.0. The van der Waals surface area contributed by atoms with Gasteiger partial charge in [-0.05, 0) is 30.3 Å². The van der Waals surface area contributed by atoms with Gasteiger partial charge >= 0.3 is 12.2 Å². The first kappa shape index (κ1) is 24.9. The molecule has 0 atom stereocenters. The maximum absolute atomic E-state index is 13.8. The van der Waals surface area contributed by atoms with Gasteiger partial charge in [-0.2, -0.15) is 13.2 Å². The number of rotatable bonds is 4. The lowest BCUT2D eigenvalue weighted by molar-refractivity contribution is -0.137. The monoisotopic (exact) mass is 521 g/mol. The van der Waals surface area contributed by atoms with Crippen LogP contribution >= 0.6 is 11.6 Å². The van der Waals surface area contributed by atoms with Crippen molar-refractivity contribution >= 4 is 40.0 Å². The van der Waals surface area contributed by atoms with Crippen LogP contribution in [0, 0.1) is 11.6 Å². The highest BCUT2D eigenvalue weighted by Crippen LogP contribution is 2.38. The van der Waals surface area contributed by atoms with Crippen molar-refractivity contribution in [3.63, 3.8) is 0 Å². The van der Waals surface area contributed by atoms with E-state index in [1.165, 1.54) is 12.1 Å². The molecule has 1 aromatic heterocycles. The zero-order valence-electron chi connectivity index (χ0n) is 17.8. The normalized spacial score (nSPS) is 11.3. The fraction of sp³-hybridized carbons (Fsp3) is 0.0417. The van der Waals surface area contributed by atoms with Crippen molar-refractivity contribution in [3.8, 4) is 11.6 Å². The molecule has 0 aliphatic carbocycles. The van der Waals surface area contributed by atoms with E-state index in [0.29, 0.717) is 23.0 Å². The molecule has 0 saturated heterocycles. The lowest BCUT2D eigenvalue weighted by atomic mass is 10.1. The first-order valence-corrected chi connectivity index (χ1v) is 10.4. The van der Waals surface area contributed by atoms with E-state index >= 15 is 0 Å². The summed E-state index contributed by atoms with van der Waals surface area (Å²) in [6.07, 6.45) is -4.05. The number of halogens is 6. The van der Waals surface area contributed by atoms with Gasteiger partial charge in [0.2, 0.25) is 5.88 Å². The molecule has 36 heavy (non-hydrogen) atoms. The summed E-state index contributed by atoms with van der Waals surface area (Å²) in [5.74, 6) is -3.66. The van der Waals surface area contributed by atoms with Gasteiger partial charge < -0.3 is 10.1 Å². The zero-order valence-corrected chi connectivity index (χ0v) is 18.5. The van der Waals surface area contributed by atoms with Crippen molar-refractivity contribution < 1.29 is 36.3 Å². The molecular weight excluding hydrogens is 509 g/mol. The van der Waals surface area contributed by atoms with Crippen molar-refractivity contribution in [2.45, 2.75) is 6.18 Å². The van der Waals surface area contributed by atoms with Crippen LogP contribution < -0.4 is 15.4 Å². The highest BCUT2D eigenvalue weighted by molar-refractivity contribution is 6.31. The van der Waals surface area contributed by atoms with E-state index in [9.17, 15) is 31.5 Å². The highest BCUT2D eigenvalue weighted by Gasteiger charge is 2.32. The SMILES string of the molecule is O=C(NC(=O)c1c(F)cccc1F)Nc1ccc(Oc2ncc(C(F)(F)F)cc2Cl)c2ccccc12. The predicted molar refractivity (Wildman–Crippen MR) is 121 cm³/mol. The van der Waals surface area contributed by atoms with E-state index in [1.807, 2.05) is 5.32 Å². The lowest BCUT2D eigenvalue weighted by Gasteiger charge is -2.14. The van der Waals surface area contributed by atoms with Crippen molar-refractivity contribution in [2.75, 3.05) is 5.32 Å². The number of fused-ring (bicyclic) bond motifs is 1. The summed E-state index contributed by atoms with van der Waals surface area (Å²) < 4.78 is 71.8. The molecule has 0 aliphatic rings. The molecule has 3 amide bonds. The minimum absolute atomic E-state index is 0.162. The minimum Gasteiger partial charge on any atom is -0.437 e. The number of benzene rings is 3. The molecule has 184 valence electrons. The van der Waals surface area contributed by atoms with E-state index in [-0.39, 0.29) is 22.3 Å². The molecule has 1 heterocycles. The Morgan fingerprint density at radius 3 is 2.22 bits per heavy atom. The number of pyridine rings is 1. The summed E-state index contributed by atoms with van der Waals surface area (Å²) in [4.78, 5) is 28.2. The average molecular weight is 522 g/mol. The third kappa shape index (κ3) is 5.20. The summed E-state index contributed by atoms with van der Waals surface area (Å²) in [5.41, 5.74) is -1.76. The van der Waals surface area contributed by atoms with Gasteiger partial charge in [-0.3, -0.25) is 10.1 Å². The number of urea groups is 1. The molecule has 2 N–H and O–H groups in total. The summed E-state index contributed by atoms with van der Waals surface area (Å²) in [7, 11) is 0. The summed E-state index contributed by atoms with van der Waals surface area (Å²) in [5, 5.41) is 4.73. The molecule has 3 aromatic carbocycles. The molecule has 0 spiro atoms. The molecule has 12 heteroatoms. The van der Waals surface area contributed by atoms with Crippen LogP contribution in [0.4, 0.5) is 32.4 Å². The zero-order chi connectivity index (χ0) is 26.0. The van der Waals surface area contributed by atoms with Crippen LogP contribution in [0.3, 0.4) is 0 Å². The predicted octanol–water partition coefficient (Wildman–Crippen LogP) is 6.94. The highest BCUT2D eigenvalue weighted by atomic mass is 35.5. The largest absolute Gasteiger partial charge is 0.437 e. The number of ether oxygens (including phenoxy) is 1. The number of alkyl halides is 3. The Morgan fingerprint density at radius 1 is 0.917 bits per heavy atom. The Bertz CT molecular complexity index is 1470. The molecule has 0 aliphatic heterocycles. The number of aromatic nitrogens is 1. The van der Waals surface area contributed by atoms with Crippen LogP contribution in [0.25, 0.3) is 10.8 Å². The van der Waals surface area contributed by atoms with E-state index < -0.39 is 40.9 Å². The Morgan fingerprint density at radius 2 is 1.58 bits per heavy atom. The fourth-order valence-electron chi connectivity index (χ4n) is 3.26. The number of hydrogen-bond donors (Lipinski definition) is 2. The summed E-state index contributed by atoms with van der Waals surface area (Å²) in [6, 6.07) is 11.7. The Hall–Kier alpha value is -4.25. The first-order chi connectivity index (χ1) is 17.0. The standard InChI is InChI=1S/C24H13ClF5N3O3/c25-15-10-12(24(28,29)30)11-31-22(15)36-19-9-8-18(13-4-1-2-5-14(13)19)32-23(35)33-21(34)20-16(26)6-3-7-17(20)27/h1-11H,(H2,32,33,34,35). The van der Waals surface area contributed by atoms with Crippen LogP contribution in [-0.4, -0.2) is 16.9 Å². The molecule has 0 radical (unpaired) electrons. The Kier molecular flexibility index (Phi) is 6.75. The number of carbonyl (C=O) groups is 2. The van der Waals surface area contributed by atoms with Gasteiger partial charge in [-0.25, -0.2) is 18.6 Å². The van der Waals surface area contributed by atoms with E-state index in [0.717, 1.165) is 18.2 Å².